The first kappa shape index (κ1) is 18.4. The number of aromatic amines is 1. The highest BCUT2D eigenvalue weighted by Crippen LogP contribution is 2.06. The lowest BCUT2D eigenvalue weighted by Crippen LogP contribution is -2.36. The SMILES string of the molecule is CC(=O)c1c[nH]c(C(=O)OCC(=O)N[C@H](C)CCc2ccccc2)c1. The number of hydrogen-bond donors (Lipinski definition) is 2. The molecular formula is C19H22N2O4. The molecule has 25 heavy (non-hydrogen) atoms. The van der Waals surface area contributed by atoms with Gasteiger partial charge in [-0.2, -0.15) is 0 Å². The van der Waals surface area contributed by atoms with Gasteiger partial charge in [-0.1, -0.05) is 30.3 Å². The lowest BCUT2D eigenvalue weighted by atomic mass is 10.1. The van der Waals surface area contributed by atoms with Crippen LogP contribution in [0.4, 0.5) is 0 Å². The summed E-state index contributed by atoms with van der Waals surface area (Å²) in [4.78, 5) is 37.6. The molecule has 1 aromatic carbocycles. The summed E-state index contributed by atoms with van der Waals surface area (Å²) in [5, 5.41) is 2.80. The molecule has 1 amide bonds. The minimum Gasteiger partial charge on any atom is -0.451 e. The van der Waals surface area contributed by atoms with E-state index >= 15 is 0 Å². The van der Waals surface area contributed by atoms with Gasteiger partial charge in [0.05, 0.1) is 0 Å². The van der Waals surface area contributed by atoms with Crippen LogP contribution >= 0.6 is 0 Å². The molecule has 0 aliphatic heterocycles. The molecule has 2 N–H and O–H groups in total. The molecule has 0 saturated heterocycles. The number of ketones is 1. The first-order chi connectivity index (χ1) is 12.0. The quantitative estimate of drug-likeness (QED) is 0.570. The minimum absolute atomic E-state index is 0.0267. The third kappa shape index (κ3) is 5.91. The van der Waals surface area contributed by atoms with E-state index < -0.39 is 5.97 Å². The van der Waals surface area contributed by atoms with E-state index in [2.05, 4.69) is 10.3 Å². The number of carbonyl (C=O) groups is 3. The average molecular weight is 342 g/mol. The third-order valence-electron chi connectivity index (χ3n) is 3.76. The molecule has 1 aromatic heterocycles. The number of ether oxygens (including phenoxy) is 1. The fourth-order valence-corrected chi connectivity index (χ4v) is 2.34. The van der Waals surface area contributed by atoms with Gasteiger partial charge in [-0.3, -0.25) is 9.59 Å². The number of benzene rings is 1. The van der Waals surface area contributed by atoms with Crippen molar-refractivity contribution in [2.75, 3.05) is 6.61 Å². The van der Waals surface area contributed by atoms with Crippen LogP contribution in [-0.4, -0.2) is 35.3 Å². The highest BCUT2D eigenvalue weighted by molar-refractivity contribution is 5.97. The number of Topliss-reactive ketones (excluding diaryl/α,β-unsaturated/α-hetero) is 1. The van der Waals surface area contributed by atoms with Crippen LogP contribution in [0.2, 0.25) is 0 Å². The molecule has 0 radical (unpaired) electrons. The monoisotopic (exact) mass is 342 g/mol. The zero-order chi connectivity index (χ0) is 18.2. The normalized spacial score (nSPS) is 11.6. The second-order valence-corrected chi connectivity index (χ2v) is 5.93. The van der Waals surface area contributed by atoms with Crippen LogP contribution in [-0.2, 0) is 16.0 Å². The Morgan fingerprint density at radius 3 is 2.56 bits per heavy atom. The summed E-state index contributed by atoms with van der Waals surface area (Å²) in [6.07, 6.45) is 3.09. The van der Waals surface area contributed by atoms with E-state index in [-0.39, 0.29) is 30.0 Å². The molecule has 132 valence electrons. The van der Waals surface area contributed by atoms with Crippen LogP contribution in [0.15, 0.2) is 42.6 Å². The maximum absolute atomic E-state index is 11.9. The number of esters is 1. The van der Waals surface area contributed by atoms with E-state index in [1.807, 2.05) is 37.3 Å². The molecule has 1 heterocycles. The largest absolute Gasteiger partial charge is 0.451 e. The van der Waals surface area contributed by atoms with Gasteiger partial charge in [-0.15, -0.1) is 0 Å². The van der Waals surface area contributed by atoms with E-state index in [0.29, 0.717) is 5.56 Å². The maximum Gasteiger partial charge on any atom is 0.355 e. The highest BCUT2D eigenvalue weighted by atomic mass is 16.5. The topological polar surface area (TPSA) is 88.3 Å². The predicted octanol–water partition coefficient (Wildman–Crippen LogP) is 2.51. The van der Waals surface area contributed by atoms with Crippen molar-refractivity contribution in [3.63, 3.8) is 0 Å². The maximum atomic E-state index is 11.9. The number of nitrogens with one attached hydrogen (secondary N) is 2. The van der Waals surface area contributed by atoms with Gasteiger partial charge in [0, 0.05) is 17.8 Å². The minimum atomic E-state index is -0.667. The van der Waals surface area contributed by atoms with Crippen LogP contribution in [0, 0.1) is 0 Å². The van der Waals surface area contributed by atoms with Gasteiger partial charge >= 0.3 is 5.97 Å². The third-order valence-corrected chi connectivity index (χ3v) is 3.76. The fourth-order valence-electron chi connectivity index (χ4n) is 2.34. The van der Waals surface area contributed by atoms with Crippen molar-refractivity contribution in [1.29, 1.82) is 0 Å². The Bertz CT molecular complexity index is 737. The number of hydrogen-bond acceptors (Lipinski definition) is 4. The average Bonchev–Trinajstić information content (AvgIpc) is 3.09. The van der Waals surface area contributed by atoms with Gasteiger partial charge in [-0.25, -0.2) is 4.79 Å². The Labute approximate surface area is 146 Å². The molecule has 1 atom stereocenters. The first-order valence-corrected chi connectivity index (χ1v) is 8.15. The summed E-state index contributed by atoms with van der Waals surface area (Å²) in [5.41, 5.74) is 1.75. The molecule has 6 nitrogen and oxygen atoms in total. The Hall–Kier alpha value is -2.89. The molecular weight excluding hydrogens is 320 g/mol. The molecule has 0 fully saturated rings. The van der Waals surface area contributed by atoms with E-state index in [1.54, 1.807) is 0 Å². The van der Waals surface area contributed by atoms with Crippen molar-refractivity contribution in [2.24, 2.45) is 0 Å². The lowest BCUT2D eigenvalue weighted by Gasteiger charge is -2.13. The lowest BCUT2D eigenvalue weighted by molar-refractivity contribution is -0.124. The Morgan fingerprint density at radius 2 is 1.92 bits per heavy atom. The van der Waals surface area contributed by atoms with Crippen molar-refractivity contribution in [1.82, 2.24) is 10.3 Å². The van der Waals surface area contributed by atoms with Crippen molar-refractivity contribution in [3.05, 3.63) is 59.4 Å². The van der Waals surface area contributed by atoms with Crippen molar-refractivity contribution in [3.8, 4) is 0 Å². The second kappa shape index (κ2) is 8.82. The smallest absolute Gasteiger partial charge is 0.355 e. The Balaban J connectivity index is 1.72. The summed E-state index contributed by atoms with van der Waals surface area (Å²) in [5.74, 6) is -1.17. The molecule has 2 aromatic rings. The summed E-state index contributed by atoms with van der Waals surface area (Å²) >= 11 is 0. The molecule has 6 heteroatoms. The molecule has 0 aliphatic rings. The Kier molecular flexibility index (Phi) is 6.51. The zero-order valence-corrected chi connectivity index (χ0v) is 14.4. The number of rotatable bonds is 8. The van der Waals surface area contributed by atoms with Gasteiger partial charge in [-0.05, 0) is 38.3 Å². The first-order valence-electron chi connectivity index (χ1n) is 8.15. The van der Waals surface area contributed by atoms with Crippen LogP contribution in [0.3, 0.4) is 0 Å². The van der Waals surface area contributed by atoms with Crippen molar-refractivity contribution < 1.29 is 19.1 Å². The summed E-state index contributed by atoms with van der Waals surface area (Å²) in [7, 11) is 0. The fraction of sp³-hybridized carbons (Fsp3) is 0.316. The van der Waals surface area contributed by atoms with Crippen LogP contribution in [0.1, 0.15) is 46.7 Å². The second-order valence-electron chi connectivity index (χ2n) is 5.93. The molecule has 0 bridgehead atoms. The van der Waals surface area contributed by atoms with Gasteiger partial charge in [0.15, 0.2) is 12.4 Å². The van der Waals surface area contributed by atoms with E-state index in [1.165, 1.54) is 24.8 Å². The van der Waals surface area contributed by atoms with Gasteiger partial charge in [0.25, 0.3) is 5.91 Å². The molecule has 0 spiro atoms. The number of amides is 1. The number of aromatic nitrogens is 1. The highest BCUT2D eigenvalue weighted by Gasteiger charge is 2.14. The van der Waals surface area contributed by atoms with Gasteiger partial charge in [0.2, 0.25) is 0 Å². The molecule has 2 rings (SSSR count). The molecule has 0 saturated carbocycles. The van der Waals surface area contributed by atoms with E-state index in [0.717, 1.165) is 12.8 Å². The van der Waals surface area contributed by atoms with Gasteiger partial charge < -0.3 is 15.0 Å². The standard InChI is InChI=1S/C19H22N2O4/c1-13(8-9-15-6-4-3-5-7-15)21-18(23)12-25-19(24)17-10-16(11-20-17)14(2)22/h3-7,10-11,13,20H,8-9,12H2,1-2H3,(H,21,23)/t13-/m1/s1. The van der Waals surface area contributed by atoms with Crippen LogP contribution < -0.4 is 5.32 Å². The summed E-state index contributed by atoms with van der Waals surface area (Å²) in [6, 6.07) is 11.4. The molecule has 0 aliphatic carbocycles. The predicted molar refractivity (Wildman–Crippen MR) is 93.4 cm³/mol. The number of carbonyl (C=O) groups excluding carboxylic acids is 3. The Morgan fingerprint density at radius 1 is 1.20 bits per heavy atom. The summed E-state index contributed by atoms with van der Waals surface area (Å²) in [6.45, 7) is 2.96. The zero-order valence-electron chi connectivity index (χ0n) is 14.4. The van der Waals surface area contributed by atoms with E-state index in [4.69, 9.17) is 4.74 Å². The van der Waals surface area contributed by atoms with E-state index in [9.17, 15) is 14.4 Å². The number of aryl methyl sites for hydroxylation is 1. The van der Waals surface area contributed by atoms with Crippen molar-refractivity contribution >= 4 is 17.7 Å². The number of H-pyrrole nitrogens is 1. The van der Waals surface area contributed by atoms with Gasteiger partial charge in [0.1, 0.15) is 5.69 Å². The molecule has 0 unspecified atom stereocenters. The van der Waals surface area contributed by atoms with Crippen LogP contribution in [0.25, 0.3) is 0 Å². The van der Waals surface area contributed by atoms with Crippen molar-refractivity contribution in [2.45, 2.75) is 32.7 Å². The van der Waals surface area contributed by atoms with Crippen LogP contribution in [0.5, 0.6) is 0 Å². The summed E-state index contributed by atoms with van der Waals surface area (Å²) < 4.78 is 4.95.